The standard InChI is InChI=1S/C18H21F3N6O5S.C2HF3O/c1-11-6-7-13(16(29)27(11)10-15(28)24-8-9-32-25-17(22)23)26-33(30,31)14-5-3-2-4-12(14)18(19,20)21;3-2(4,5)1-6/h2-7,26H,8-10H2,1H3,(H,24,28)(H4,22,23,25);1H. The van der Waals surface area contributed by atoms with E-state index < -0.39 is 62.8 Å². The number of carbonyl (C=O) groups excluding carboxylic acids is 2. The van der Waals surface area contributed by atoms with Crippen LogP contribution in [0.15, 0.2) is 51.2 Å². The number of carbonyl (C=O) groups is 2. The fourth-order valence-corrected chi connectivity index (χ4v) is 3.92. The number of guanidine groups is 1. The molecule has 39 heavy (non-hydrogen) atoms. The maximum atomic E-state index is 13.2. The summed E-state index contributed by atoms with van der Waals surface area (Å²) in [7, 11) is -4.77. The number of halogens is 6. The van der Waals surface area contributed by atoms with E-state index >= 15 is 0 Å². The fourth-order valence-electron chi connectivity index (χ4n) is 2.64. The Kier molecular flexibility index (Phi) is 11.3. The van der Waals surface area contributed by atoms with Crippen LogP contribution in [0.5, 0.6) is 0 Å². The number of oxime groups is 1. The van der Waals surface area contributed by atoms with Crippen LogP contribution < -0.4 is 27.1 Å². The Morgan fingerprint density at radius 1 is 1.10 bits per heavy atom. The lowest BCUT2D eigenvalue weighted by atomic mass is 10.2. The maximum absolute atomic E-state index is 13.2. The molecule has 0 spiro atoms. The molecule has 1 amide bonds. The molecule has 0 aliphatic heterocycles. The van der Waals surface area contributed by atoms with Crippen LogP contribution in [0, 0.1) is 6.92 Å². The number of nitrogens with one attached hydrogen (secondary N) is 2. The molecule has 1 heterocycles. The average Bonchev–Trinajstić information content (AvgIpc) is 2.82. The van der Waals surface area contributed by atoms with Gasteiger partial charge in [0.1, 0.15) is 18.8 Å². The summed E-state index contributed by atoms with van der Waals surface area (Å²) in [5, 5.41) is 5.69. The van der Waals surface area contributed by atoms with Crippen LogP contribution in [-0.2, 0) is 37.2 Å². The van der Waals surface area contributed by atoms with Gasteiger partial charge in [0.05, 0.1) is 17.0 Å². The van der Waals surface area contributed by atoms with Crippen molar-refractivity contribution in [3.05, 3.63) is 58.0 Å². The number of aryl methyl sites for hydroxylation is 1. The zero-order chi connectivity index (χ0) is 30.0. The van der Waals surface area contributed by atoms with E-state index in [0.717, 1.165) is 28.8 Å². The smallest absolute Gasteiger partial charge is 0.391 e. The van der Waals surface area contributed by atoms with Gasteiger partial charge in [-0.05, 0) is 36.3 Å². The fraction of sp³-hybridized carbons (Fsp3) is 0.300. The van der Waals surface area contributed by atoms with E-state index in [2.05, 4.69) is 10.5 Å². The molecule has 1 aromatic heterocycles. The van der Waals surface area contributed by atoms with Crippen LogP contribution in [0.2, 0.25) is 0 Å². The van der Waals surface area contributed by atoms with Crippen molar-refractivity contribution in [3.63, 3.8) is 0 Å². The summed E-state index contributed by atoms with van der Waals surface area (Å²) in [5.74, 6) is -0.920. The molecule has 6 N–H and O–H groups in total. The van der Waals surface area contributed by atoms with Gasteiger partial charge < -0.3 is 26.2 Å². The number of rotatable bonds is 9. The molecule has 2 rings (SSSR count). The SMILES string of the molecule is Cc1ccc(NS(=O)(=O)c2ccccc2C(F)(F)F)c(=O)n1CC(=O)NCCON=C(N)N.O=CC(F)(F)F. The molecule has 19 heteroatoms. The van der Waals surface area contributed by atoms with E-state index in [0.29, 0.717) is 11.8 Å². The van der Waals surface area contributed by atoms with Crippen LogP contribution in [0.25, 0.3) is 0 Å². The van der Waals surface area contributed by atoms with Crippen molar-refractivity contribution >= 4 is 33.9 Å². The highest BCUT2D eigenvalue weighted by Crippen LogP contribution is 2.34. The van der Waals surface area contributed by atoms with E-state index in [4.69, 9.17) is 21.1 Å². The second kappa shape index (κ2) is 13.5. The van der Waals surface area contributed by atoms with Gasteiger partial charge in [0, 0.05) is 5.69 Å². The topological polar surface area (TPSA) is 188 Å². The first-order valence-electron chi connectivity index (χ1n) is 10.3. The van der Waals surface area contributed by atoms with Gasteiger partial charge >= 0.3 is 12.4 Å². The zero-order valence-electron chi connectivity index (χ0n) is 19.8. The largest absolute Gasteiger partial charge is 0.446 e. The predicted octanol–water partition coefficient (Wildman–Crippen LogP) is 1.05. The molecule has 12 nitrogen and oxygen atoms in total. The summed E-state index contributed by atoms with van der Waals surface area (Å²) in [6.07, 6.45) is -10.6. The summed E-state index contributed by atoms with van der Waals surface area (Å²) in [4.78, 5) is 37.2. The monoisotopic (exact) mass is 588 g/mol. The molecule has 2 aromatic rings. The highest BCUT2D eigenvalue weighted by Gasteiger charge is 2.37. The highest BCUT2D eigenvalue weighted by atomic mass is 32.2. The Bertz CT molecular complexity index is 1350. The quantitative estimate of drug-likeness (QED) is 0.0835. The van der Waals surface area contributed by atoms with E-state index in [1.165, 1.54) is 13.0 Å². The number of aldehydes is 1. The molecule has 0 atom stereocenters. The minimum atomic E-state index is -4.93. The Labute approximate surface area is 216 Å². The van der Waals surface area contributed by atoms with Crippen molar-refractivity contribution in [2.45, 2.75) is 30.7 Å². The lowest BCUT2D eigenvalue weighted by Crippen LogP contribution is -2.36. The molecule has 0 aliphatic carbocycles. The van der Waals surface area contributed by atoms with Gasteiger partial charge in [-0.3, -0.25) is 19.1 Å². The molecule has 0 saturated heterocycles. The molecular formula is C20H22F6N6O6S. The van der Waals surface area contributed by atoms with Gasteiger partial charge in [0.2, 0.25) is 18.2 Å². The number of hydrogen-bond donors (Lipinski definition) is 4. The summed E-state index contributed by atoms with van der Waals surface area (Å²) in [6.45, 7) is 0.954. The summed E-state index contributed by atoms with van der Waals surface area (Å²) < 4.78 is 99.0. The number of amides is 1. The van der Waals surface area contributed by atoms with E-state index in [1.807, 2.05) is 4.72 Å². The van der Waals surface area contributed by atoms with Crippen LogP contribution in [0.4, 0.5) is 32.0 Å². The lowest BCUT2D eigenvalue weighted by molar-refractivity contribution is -0.156. The molecule has 0 radical (unpaired) electrons. The van der Waals surface area contributed by atoms with Crippen molar-refractivity contribution < 1.29 is 49.2 Å². The van der Waals surface area contributed by atoms with Gasteiger partial charge in [-0.1, -0.05) is 12.1 Å². The van der Waals surface area contributed by atoms with Crippen LogP contribution in [0.3, 0.4) is 0 Å². The second-order valence-corrected chi connectivity index (χ2v) is 8.89. The predicted molar refractivity (Wildman–Crippen MR) is 125 cm³/mol. The van der Waals surface area contributed by atoms with Gasteiger partial charge in [-0.2, -0.15) is 26.3 Å². The minimum Gasteiger partial charge on any atom is -0.391 e. The first-order valence-corrected chi connectivity index (χ1v) is 11.8. The van der Waals surface area contributed by atoms with Crippen LogP contribution >= 0.6 is 0 Å². The lowest BCUT2D eigenvalue weighted by Gasteiger charge is -2.16. The first-order chi connectivity index (χ1) is 17.9. The number of nitrogens with zero attached hydrogens (tertiary/aromatic N) is 2. The van der Waals surface area contributed by atoms with E-state index in [1.54, 1.807) is 0 Å². The number of benzene rings is 1. The Hall–Kier alpha value is -4.29. The van der Waals surface area contributed by atoms with Crippen molar-refractivity contribution in [3.8, 4) is 0 Å². The molecule has 0 fully saturated rings. The highest BCUT2D eigenvalue weighted by molar-refractivity contribution is 7.92. The zero-order valence-corrected chi connectivity index (χ0v) is 20.7. The Balaban J connectivity index is 0.00000113. The van der Waals surface area contributed by atoms with E-state index in [9.17, 15) is 44.3 Å². The number of anilines is 1. The third kappa shape index (κ3) is 10.9. The normalized spacial score (nSPS) is 11.5. The molecule has 0 saturated carbocycles. The van der Waals surface area contributed by atoms with Gasteiger partial charge in [-0.25, -0.2) is 8.42 Å². The second-order valence-electron chi connectivity index (χ2n) is 7.24. The van der Waals surface area contributed by atoms with Crippen LogP contribution in [-0.4, -0.2) is 50.5 Å². The van der Waals surface area contributed by atoms with E-state index in [-0.39, 0.29) is 19.1 Å². The number of pyridine rings is 1. The van der Waals surface area contributed by atoms with Crippen LogP contribution in [0.1, 0.15) is 11.3 Å². The van der Waals surface area contributed by atoms with Gasteiger partial charge in [0.15, 0.2) is 0 Å². The van der Waals surface area contributed by atoms with Gasteiger partial charge in [0.25, 0.3) is 15.6 Å². The number of nitrogens with two attached hydrogens (primary N) is 2. The number of hydrogen-bond acceptors (Lipinski definition) is 7. The third-order valence-corrected chi connectivity index (χ3v) is 5.66. The molecule has 1 aromatic carbocycles. The van der Waals surface area contributed by atoms with Crippen molar-refractivity contribution in [2.24, 2.45) is 16.6 Å². The molecule has 216 valence electrons. The number of alkyl halides is 6. The number of sulfonamides is 1. The molecule has 0 unspecified atom stereocenters. The average molecular weight is 588 g/mol. The summed E-state index contributed by atoms with van der Waals surface area (Å²) >= 11 is 0. The Morgan fingerprint density at radius 3 is 2.23 bits per heavy atom. The Morgan fingerprint density at radius 2 is 1.69 bits per heavy atom. The van der Waals surface area contributed by atoms with Crippen molar-refractivity contribution in [2.75, 3.05) is 17.9 Å². The maximum Gasteiger partial charge on any atom is 0.446 e. The third-order valence-electron chi connectivity index (χ3n) is 4.24. The first kappa shape index (κ1) is 32.7. The van der Waals surface area contributed by atoms with Crippen molar-refractivity contribution in [1.29, 1.82) is 0 Å². The molecule has 0 bridgehead atoms. The number of aromatic nitrogens is 1. The molecular weight excluding hydrogens is 566 g/mol. The minimum absolute atomic E-state index is 0.00393. The molecule has 0 aliphatic rings. The summed E-state index contributed by atoms with van der Waals surface area (Å²) in [5.41, 5.74) is 7.62. The summed E-state index contributed by atoms with van der Waals surface area (Å²) in [6, 6.07) is 5.99. The van der Waals surface area contributed by atoms with Crippen molar-refractivity contribution in [1.82, 2.24) is 9.88 Å². The van der Waals surface area contributed by atoms with Gasteiger partial charge in [-0.15, -0.1) is 0 Å².